The summed E-state index contributed by atoms with van der Waals surface area (Å²) < 4.78 is 31.0. The number of aromatic hydroxyl groups is 2. The van der Waals surface area contributed by atoms with E-state index < -0.39 is 192 Å². The summed E-state index contributed by atoms with van der Waals surface area (Å²) in [6, 6.07) is 7.38. The molecule has 14 atom stereocenters. The van der Waals surface area contributed by atoms with Crippen LogP contribution in [0.1, 0.15) is 176 Å². The molecule has 0 aromatic heterocycles. The summed E-state index contributed by atoms with van der Waals surface area (Å²) in [4.78, 5) is 134. The number of ether oxygens (including phenoxy) is 5. The number of unbranched alkanes of at least 4 members (excludes halogenated alkanes) is 5. The van der Waals surface area contributed by atoms with Gasteiger partial charge in [-0.2, -0.15) is 0 Å². The van der Waals surface area contributed by atoms with Crippen LogP contribution >= 0.6 is 23.2 Å². The molecule has 1 aliphatic carbocycles. The molecule has 6 aliphatic heterocycles. The van der Waals surface area contributed by atoms with E-state index in [2.05, 4.69) is 33.5 Å². The van der Waals surface area contributed by atoms with Gasteiger partial charge in [-0.25, -0.2) is 4.79 Å². The van der Waals surface area contributed by atoms with Crippen LogP contribution in [0.2, 0.25) is 10.0 Å². The Bertz CT molecular complexity index is 4110. The van der Waals surface area contributed by atoms with Crippen molar-refractivity contribution in [1.29, 1.82) is 0 Å². The Kier molecular flexibility index (Phi) is 25.8. The minimum atomic E-state index is -2.15. The van der Waals surface area contributed by atoms with Crippen LogP contribution in [0.15, 0.2) is 78.9 Å². The first-order valence-electron chi connectivity index (χ1n) is 35.3. The van der Waals surface area contributed by atoms with Crippen LogP contribution in [0.25, 0.3) is 11.1 Å². The van der Waals surface area contributed by atoms with Gasteiger partial charge in [0.15, 0.2) is 28.8 Å². The zero-order valence-corrected chi connectivity index (χ0v) is 59.7. The average Bonchev–Trinajstić information content (AvgIpc) is 1.75. The molecule has 2 fully saturated rings. The van der Waals surface area contributed by atoms with E-state index in [4.69, 9.17) is 52.6 Å². The van der Waals surface area contributed by atoms with Gasteiger partial charge in [0, 0.05) is 55.3 Å². The summed E-state index contributed by atoms with van der Waals surface area (Å²) >= 11 is 14.1. The zero-order valence-electron chi connectivity index (χ0n) is 58.2. The minimum Gasteiger partial charge on any atom is -0.507 e. The number of Topliss-reactive ketones (excluding diaryl/α,β-unsaturated/α-hetero) is 3. The smallest absolute Gasteiger partial charge is 0.412 e. The van der Waals surface area contributed by atoms with Gasteiger partial charge in [0.1, 0.15) is 89.5 Å². The third kappa shape index (κ3) is 18.6. The van der Waals surface area contributed by atoms with Gasteiger partial charge in [-0.15, -0.1) is 0 Å². The molecular weight excluding hydrogens is 1410 g/mol. The molecule has 6 heterocycles. The first kappa shape index (κ1) is 78.6. The van der Waals surface area contributed by atoms with Crippen LogP contribution in [-0.2, 0) is 43.1 Å². The molecule has 5 aromatic carbocycles. The number of benzene rings is 5. The second-order valence-electron chi connectivity index (χ2n) is 27.9. The van der Waals surface area contributed by atoms with Gasteiger partial charge in [-0.05, 0) is 126 Å². The molecule has 5 aromatic rings. The molecule has 12 rings (SSSR count). The van der Waals surface area contributed by atoms with E-state index in [0.717, 1.165) is 62.4 Å². The number of aliphatic hydroxyl groups is 6. The summed E-state index contributed by atoms with van der Waals surface area (Å²) in [6.45, 7) is 6.92. The van der Waals surface area contributed by atoms with Crippen LogP contribution in [-0.4, -0.2) is 150 Å². The number of nitrogens with two attached hydrogens (primary N) is 1. The van der Waals surface area contributed by atoms with Crippen molar-refractivity contribution in [3.05, 3.63) is 117 Å². The number of hydrogen-bond donors (Lipinski definition) is 14. The standard InChI is InChI=1S/C75H88Cl2N6O22/c1-5-7-8-9-10-11-20-79-75(100)101-42-30-45-59(49(86)31-42)44-23-37(14-17-48(44)85)43-32-52(89)60-40-27-55(102-53-18-15-38(24-46(53)76)64(91)62(82-70(96)36(6-2)21-34(3)4)51(88)26-41(29-58(78)90)71(97)80-60)69(105-74-68(95)67(94)66(93)57(33-84)104-74)56(28-40)103-54-19-16-39(25-47(54)77)65(92)63(83-72(43)98)73(99)81-61(45)50(87)22-35-12-13-35/h14-19,23-25,27-28,30-31,34-36,41,43,57,60-68,74,84-86,91-95H,5-13,20-22,26,29,32-33H2,1-4H3,(H2,78,90)(H,79,100)(H,80,97)(H,81,99)(H,82,96)(H,83,98)/t36-,41+,43-,57-,60-,61+,62+,63+,64-,65-,66-,67+,68-,74+/m1/s1. The molecule has 30 heteroatoms. The molecule has 1 saturated heterocycles. The molecule has 1 saturated carbocycles. The molecule has 564 valence electrons. The van der Waals surface area contributed by atoms with Crippen LogP contribution in [0.3, 0.4) is 0 Å². The number of aliphatic hydroxyl groups excluding tert-OH is 6. The van der Waals surface area contributed by atoms with Gasteiger partial charge in [0.25, 0.3) is 0 Å². The van der Waals surface area contributed by atoms with Crippen LogP contribution in [0.5, 0.6) is 46.0 Å². The first-order chi connectivity index (χ1) is 50.0. The van der Waals surface area contributed by atoms with E-state index in [1.54, 1.807) is 6.92 Å². The van der Waals surface area contributed by atoms with E-state index in [9.17, 15) is 64.8 Å². The Hall–Kier alpha value is -8.97. The number of primary amides is 1. The Balaban J connectivity index is 1.19. The monoisotopic (exact) mass is 1490 g/mol. The fraction of sp³-hybridized carbons (Fsp3) is 0.480. The predicted molar refractivity (Wildman–Crippen MR) is 377 cm³/mol. The maximum Gasteiger partial charge on any atom is 0.412 e. The van der Waals surface area contributed by atoms with E-state index in [-0.39, 0.29) is 91.0 Å². The number of halogens is 2. The van der Waals surface area contributed by atoms with Crippen LogP contribution in [0.4, 0.5) is 4.79 Å². The predicted octanol–water partition coefficient (Wildman–Crippen LogP) is 7.31. The lowest BCUT2D eigenvalue weighted by Crippen LogP contribution is -2.60. The van der Waals surface area contributed by atoms with Gasteiger partial charge in [-0.3, -0.25) is 38.4 Å². The molecule has 105 heavy (non-hydrogen) atoms. The van der Waals surface area contributed by atoms with Crippen molar-refractivity contribution in [2.45, 2.75) is 191 Å². The highest BCUT2D eigenvalue weighted by atomic mass is 35.5. The topological polar surface area (TPSA) is 448 Å². The van der Waals surface area contributed by atoms with Crippen molar-refractivity contribution in [3.8, 4) is 57.1 Å². The average molecular weight is 1500 g/mol. The van der Waals surface area contributed by atoms with Crippen LogP contribution < -0.4 is 51.3 Å². The maximum atomic E-state index is 16.2. The van der Waals surface area contributed by atoms with Gasteiger partial charge in [0.05, 0.1) is 28.5 Å². The molecule has 15 N–H and O–H groups in total. The largest absolute Gasteiger partial charge is 0.507 e. The number of rotatable bonds is 21. The number of fused-ring (bicyclic) bond motifs is 15. The Morgan fingerprint density at radius 1 is 0.676 bits per heavy atom. The molecule has 0 unspecified atom stereocenters. The molecule has 6 amide bonds. The van der Waals surface area contributed by atoms with E-state index in [1.807, 2.05) is 13.8 Å². The number of nitrogens with one attached hydrogen (secondary N) is 5. The third-order valence-corrected chi connectivity index (χ3v) is 20.1. The van der Waals surface area contributed by atoms with Gasteiger partial charge >= 0.3 is 6.09 Å². The number of ketones is 3. The number of phenols is 2. The third-order valence-electron chi connectivity index (χ3n) is 19.5. The van der Waals surface area contributed by atoms with Crippen molar-refractivity contribution in [2.75, 3.05) is 13.2 Å². The Morgan fingerprint density at radius 2 is 1.32 bits per heavy atom. The fourth-order valence-corrected chi connectivity index (χ4v) is 14.0. The summed E-state index contributed by atoms with van der Waals surface area (Å²) in [5, 5.41) is 106. The SMILES string of the molecule is CCCCCCCCNC(=O)Oc1cc(O)c2c(c1)[C@@H](C(=O)CC1CC1)NC(=O)[C@H]1NC(=O)[C@H](CC(=O)[C@@H]3NC(=O)[C@H](CC(N)=O)CC(=O)[C@H](NC(=O)[C@H](CC)CC(C)C)[C@H](O)c4ccc(c(Cl)c4)Oc4cc3cc(c4O[C@@H]3O[C@H](CO)[C@@H](O)[C@H](O)[C@H]3O)Oc3ccc(cc3Cl)[C@H]1O)c1ccc(O)c-2c1. The van der Waals surface area contributed by atoms with Gasteiger partial charge in [0.2, 0.25) is 41.6 Å². The summed E-state index contributed by atoms with van der Waals surface area (Å²) in [5.74, 6) is -16.6. The number of amides is 6. The molecule has 28 nitrogen and oxygen atoms in total. The highest BCUT2D eigenvalue weighted by Gasteiger charge is 2.47. The highest BCUT2D eigenvalue weighted by Crippen LogP contribution is 2.50. The van der Waals surface area contributed by atoms with E-state index in [1.165, 1.54) is 48.5 Å². The lowest BCUT2D eigenvalue weighted by Gasteiger charge is -2.39. The zero-order chi connectivity index (χ0) is 75.8. The van der Waals surface area contributed by atoms with E-state index in [0.29, 0.717) is 32.1 Å². The number of carbonyl (C=O) groups is 9. The van der Waals surface area contributed by atoms with Crippen molar-refractivity contribution in [1.82, 2.24) is 26.6 Å². The van der Waals surface area contributed by atoms with Gasteiger partial charge in [-0.1, -0.05) is 101 Å². The van der Waals surface area contributed by atoms with Crippen molar-refractivity contribution >= 4 is 76.2 Å². The number of hydrogen-bond acceptors (Lipinski definition) is 22. The van der Waals surface area contributed by atoms with E-state index >= 15 is 19.2 Å². The summed E-state index contributed by atoms with van der Waals surface area (Å²) in [5.41, 5.74) is 4.23. The van der Waals surface area contributed by atoms with Gasteiger partial charge < -0.3 is 96.9 Å². The second-order valence-corrected chi connectivity index (χ2v) is 28.7. The van der Waals surface area contributed by atoms with Crippen molar-refractivity contribution in [3.63, 3.8) is 0 Å². The minimum absolute atomic E-state index is 0.000122. The highest BCUT2D eigenvalue weighted by molar-refractivity contribution is 6.32. The second kappa shape index (κ2) is 34.5. The lowest BCUT2D eigenvalue weighted by molar-refractivity contribution is -0.277. The summed E-state index contributed by atoms with van der Waals surface area (Å²) in [7, 11) is 0. The fourth-order valence-electron chi connectivity index (χ4n) is 13.5. The molecular formula is C75H88Cl2N6O22. The van der Waals surface area contributed by atoms with Crippen molar-refractivity contribution < 1.29 is 108 Å². The molecule has 11 bridgehead atoms. The number of carbonyl (C=O) groups excluding carboxylic acids is 9. The number of phenolic OH excluding ortho intramolecular Hbond substituents is 2. The quantitative estimate of drug-likeness (QED) is 0.0320. The molecule has 7 aliphatic rings. The lowest BCUT2D eigenvalue weighted by atomic mass is 9.84. The molecule has 0 spiro atoms. The Morgan fingerprint density at radius 3 is 1.94 bits per heavy atom. The first-order valence-corrected chi connectivity index (χ1v) is 36.0. The van der Waals surface area contributed by atoms with Crippen LogP contribution in [0, 0.1) is 23.7 Å². The Labute approximate surface area is 614 Å². The van der Waals surface area contributed by atoms with Crippen molar-refractivity contribution in [2.24, 2.45) is 29.4 Å². The maximum absolute atomic E-state index is 16.2. The normalized spacial score (nSPS) is 25.1. The summed E-state index contributed by atoms with van der Waals surface area (Å²) in [6.07, 6.45) is -10.2. The molecule has 0 radical (unpaired) electrons.